The van der Waals surface area contributed by atoms with Crippen molar-refractivity contribution in [1.29, 1.82) is 0 Å². The standard InChI is InChI=1S/C22H37N3O3.HI/c1-5-23-21(24-11-7-12-27-15-18-10-13-28-16-18)25-17-22(2,3)19-8-6-9-20(14-19)26-4;/h6,8-9,14,18H,5,7,10-13,15-17H2,1-4H3,(H2,23,24,25);1H. The van der Waals surface area contributed by atoms with E-state index in [9.17, 15) is 0 Å². The largest absolute Gasteiger partial charge is 0.497 e. The fourth-order valence-corrected chi connectivity index (χ4v) is 3.10. The highest BCUT2D eigenvalue weighted by Crippen LogP contribution is 2.26. The van der Waals surface area contributed by atoms with Gasteiger partial charge in [-0.15, -0.1) is 24.0 Å². The third-order valence-electron chi connectivity index (χ3n) is 4.96. The third kappa shape index (κ3) is 9.53. The Labute approximate surface area is 193 Å². The number of ether oxygens (including phenoxy) is 3. The highest BCUT2D eigenvalue weighted by Gasteiger charge is 2.21. The van der Waals surface area contributed by atoms with E-state index in [1.54, 1.807) is 7.11 Å². The summed E-state index contributed by atoms with van der Waals surface area (Å²) in [5, 5.41) is 6.73. The van der Waals surface area contributed by atoms with Gasteiger partial charge < -0.3 is 24.8 Å². The molecule has 0 radical (unpaired) electrons. The van der Waals surface area contributed by atoms with E-state index in [1.165, 1.54) is 5.56 Å². The molecule has 29 heavy (non-hydrogen) atoms. The predicted octanol–water partition coefficient (Wildman–Crippen LogP) is 3.59. The van der Waals surface area contributed by atoms with Gasteiger partial charge in [0.25, 0.3) is 0 Å². The number of guanidine groups is 1. The van der Waals surface area contributed by atoms with Crippen molar-refractivity contribution in [1.82, 2.24) is 10.6 Å². The summed E-state index contributed by atoms with van der Waals surface area (Å²) in [6.45, 7) is 12.1. The molecule has 0 saturated carbocycles. The first-order valence-electron chi connectivity index (χ1n) is 10.4. The number of nitrogens with one attached hydrogen (secondary N) is 2. The Morgan fingerprint density at radius 3 is 2.83 bits per heavy atom. The van der Waals surface area contributed by atoms with Crippen LogP contribution < -0.4 is 15.4 Å². The molecule has 1 aliphatic heterocycles. The minimum atomic E-state index is -0.0800. The third-order valence-corrected chi connectivity index (χ3v) is 4.96. The maximum absolute atomic E-state index is 5.76. The molecule has 166 valence electrons. The molecule has 7 heteroatoms. The molecular weight excluding hydrogens is 481 g/mol. The van der Waals surface area contributed by atoms with E-state index in [0.717, 1.165) is 64.1 Å². The minimum Gasteiger partial charge on any atom is -0.497 e. The second-order valence-electron chi connectivity index (χ2n) is 7.90. The van der Waals surface area contributed by atoms with E-state index in [-0.39, 0.29) is 29.4 Å². The Bertz CT molecular complexity index is 605. The molecule has 0 aromatic heterocycles. The van der Waals surface area contributed by atoms with Gasteiger partial charge in [0.1, 0.15) is 5.75 Å². The molecular formula is C22H38IN3O3. The lowest BCUT2D eigenvalue weighted by atomic mass is 9.85. The quantitative estimate of drug-likeness (QED) is 0.203. The summed E-state index contributed by atoms with van der Waals surface area (Å²) in [6, 6.07) is 8.21. The normalized spacial score (nSPS) is 17.0. The van der Waals surface area contributed by atoms with E-state index in [0.29, 0.717) is 12.5 Å². The lowest BCUT2D eigenvalue weighted by Crippen LogP contribution is -2.39. The van der Waals surface area contributed by atoms with E-state index in [4.69, 9.17) is 19.2 Å². The first-order valence-corrected chi connectivity index (χ1v) is 10.4. The molecule has 1 aliphatic rings. The average Bonchev–Trinajstić information content (AvgIpc) is 3.22. The van der Waals surface area contributed by atoms with Crippen molar-refractivity contribution in [3.63, 3.8) is 0 Å². The molecule has 2 N–H and O–H groups in total. The van der Waals surface area contributed by atoms with Gasteiger partial charge in [-0.05, 0) is 37.5 Å². The van der Waals surface area contributed by atoms with Gasteiger partial charge >= 0.3 is 0 Å². The van der Waals surface area contributed by atoms with Crippen LogP contribution in [0.3, 0.4) is 0 Å². The summed E-state index contributed by atoms with van der Waals surface area (Å²) >= 11 is 0. The molecule has 2 rings (SSSR count). The predicted molar refractivity (Wildman–Crippen MR) is 130 cm³/mol. The Balaban J connectivity index is 0.00000420. The Hall–Kier alpha value is -1.06. The highest BCUT2D eigenvalue weighted by molar-refractivity contribution is 14.0. The number of rotatable bonds is 11. The van der Waals surface area contributed by atoms with Gasteiger partial charge in [0.05, 0.1) is 26.9 Å². The molecule has 1 fully saturated rings. The molecule has 0 amide bonds. The summed E-state index contributed by atoms with van der Waals surface area (Å²) in [5.74, 6) is 2.30. The Morgan fingerprint density at radius 1 is 1.31 bits per heavy atom. The summed E-state index contributed by atoms with van der Waals surface area (Å²) < 4.78 is 16.5. The van der Waals surface area contributed by atoms with E-state index < -0.39 is 0 Å². The van der Waals surface area contributed by atoms with E-state index in [1.807, 2.05) is 12.1 Å². The summed E-state index contributed by atoms with van der Waals surface area (Å²) in [4.78, 5) is 4.79. The second kappa shape index (κ2) is 14.0. The first kappa shape index (κ1) is 26.0. The zero-order valence-electron chi connectivity index (χ0n) is 18.3. The molecule has 0 spiro atoms. The SMILES string of the molecule is CCNC(=NCC(C)(C)c1cccc(OC)c1)NCCCOCC1CCOC1.I. The van der Waals surface area contributed by atoms with Crippen molar-refractivity contribution < 1.29 is 14.2 Å². The van der Waals surface area contributed by atoms with Crippen molar-refractivity contribution in [2.75, 3.05) is 53.2 Å². The molecule has 1 unspecified atom stereocenters. The first-order chi connectivity index (χ1) is 13.5. The zero-order valence-corrected chi connectivity index (χ0v) is 20.7. The fraction of sp³-hybridized carbons (Fsp3) is 0.682. The molecule has 0 aliphatic carbocycles. The minimum absolute atomic E-state index is 0. The van der Waals surface area contributed by atoms with Crippen LogP contribution in [0.5, 0.6) is 5.75 Å². The van der Waals surface area contributed by atoms with Gasteiger partial charge in [0.15, 0.2) is 5.96 Å². The van der Waals surface area contributed by atoms with Crippen LogP contribution in [0.4, 0.5) is 0 Å². The van der Waals surface area contributed by atoms with Gasteiger partial charge in [-0.25, -0.2) is 0 Å². The summed E-state index contributed by atoms with van der Waals surface area (Å²) in [7, 11) is 1.70. The summed E-state index contributed by atoms with van der Waals surface area (Å²) in [5.41, 5.74) is 1.14. The van der Waals surface area contributed by atoms with Crippen molar-refractivity contribution >= 4 is 29.9 Å². The Kier molecular flexibility index (Phi) is 12.6. The molecule has 1 aromatic rings. The number of aliphatic imine (C=N–C) groups is 1. The average molecular weight is 519 g/mol. The topological polar surface area (TPSA) is 64.1 Å². The Morgan fingerprint density at radius 2 is 2.14 bits per heavy atom. The smallest absolute Gasteiger partial charge is 0.191 e. The van der Waals surface area contributed by atoms with Crippen LogP contribution in [0, 0.1) is 5.92 Å². The lowest BCUT2D eigenvalue weighted by molar-refractivity contribution is 0.0888. The van der Waals surface area contributed by atoms with Crippen LogP contribution in [0.25, 0.3) is 0 Å². The molecule has 6 nitrogen and oxygen atoms in total. The molecule has 0 bridgehead atoms. The van der Waals surface area contributed by atoms with Crippen LogP contribution in [-0.2, 0) is 14.9 Å². The van der Waals surface area contributed by atoms with Crippen LogP contribution in [0.1, 0.15) is 39.2 Å². The van der Waals surface area contributed by atoms with E-state index in [2.05, 4.69) is 43.5 Å². The monoisotopic (exact) mass is 519 g/mol. The fourth-order valence-electron chi connectivity index (χ4n) is 3.10. The van der Waals surface area contributed by atoms with Gasteiger partial charge in [-0.1, -0.05) is 26.0 Å². The van der Waals surface area contributed by atoms with Crippen molar-refractivity contribution in [2.45, 2.75) is 39.0 Å². The number of hydrogen-bond donors (Lipinski definition) is 2. The molecule has 1 heterocycles. The molecule has 1 aromatic carbocycles. The van der Waals surface area contributed by atoms with Gasteiger partial charge in [-0.3, -0.25) is 4.99 Å². The number of nitrogens with zero attached hydrogens (tertiary/aromatic N) is 1. The second-order valence-corrected chi connectivity index (χ2v) is 7.90. The number of methoxy groups -OCH3 is 1. The molecule has 1 atom stereocenters. The molecule has 1 saturated heterocycles. The maximum Gasteiger partial charge on any atom is 0.191 e. The van der Waals surface area contributed by atoms with Crippen molar-refractivity contribution in [3.05, 3.63) is 29.8 Å². The maximum atomic E-state index is 5.76. The van der Waals surface area contributed by atoms with Crippen molar-refractivity contribution in [3.8, 4) is 5.75 Å². The van der Waals surface area contributed by atoms with Crippen LogP contribution in [0.2, 0.25) is 0 Å². The lowest BCUT2D eigenvalue weighted by Gasteiger charge is -2.24. The summed E-state index contributed by atoms with van der Waals surface area (Å²) in [6.07, 6.45) is 2.08. The van der Waals surface area contributed by atoms with E-state index >= 15 is 0 Å². The van der Waals surface area contributed by atoms with Crippen molar-refractivity contribution in [2.24, 2.45) is 10.9 Å². The van der Waals surface area contributed by atoms with Gasteiger partial charge in [0.2, 0.25) is 0 Å². The number of hydrogen-bond acceptors (Lipinski definition) is 4. The van der Waals surface area contributed by atoms with Crippen LogP contribution >= 0.6 is 24.0 Å². The van der Waals surface area contributed by atoms with Crippen LogP contribution in [0.15, 0.2) is 29.3 Å². The van der Waals surface area contributed by atoms with Crippen LogP contribution in [-0.4, -0.2) is 59.1 Å². The number of halogens is 1. The number of benzene rings is 1. The highest BCUT2D eigenvalue weighted by atomic mass is 127. The zero-order chi connectivity index (χ0) is 20.2. The van der Waals surface area contributed by atoms with Gasteiger partial charge in [0, 0.05) is 37.6 Å². The van der Waals surface area contributed by atoms with Gasteiger partial charge in [-0.2, -0.15) is 0 Å².